The van der Waals surface area contributed by atoms with E-state index in [0.717, 1.165) is 31.5 Å². The number of benzene rings is 1. The minimum Gasteiger partial charge on any atom is -0.492 e. The van der Waals surface area contributed by atoms with E-state index < -0.39 is 0 Å². The van der Waals surface area contributed by atoms with E-state index in [1.807, 2.05) is 12.1 Å². The molecule has 0 atom stereocenters. The van der Waals surface area contributed by atoms with Gasteiger partial charge in [0.1, 0.15) is 18.6 Å². The highest BCUT2D eigenvalue weighted by Crippen LogP contribution is 2.10. The maximum atomic E-state index is 10.4. The molecule has 3 nitrogen and oxygen atoms in total. The molecule has 1 aromatic carbocycles. The van der Waals surface area contributed by atoms with Gasteiger partial charge in [0, 0.05) is 12.1 Å². The zero-order chi connectivity index (χ0) is 10.9. The minimum absolute atomic E-state index is 0.653. The fourth-order valence-electron chi connectivity index (χ4n) is 1.19. The first-order valence-corrected chi connectivity index (χ1v) is 5.25. The Morgan fingerprint density at radius 3 is 2.60 bits per heavy atom. The highest BCUT2D eigenvalue weighted by Gasteiger charge is 1.93. The van der Waals surface area contributed by atoms with Gasteiger partial charge in [0.2, 0.25) is 0 Å². The molecule has 0 fully saturated rings. The van der Waals surface area contributed by atoms with E-state index in [2.05, 4.69) is 12.2 Å². The van der Waals surface area contributed by atoms with Gasteiger partial charge in [-0.1, -0.05) is 6.92 Å². The first-order valence-electron chi connectivity index (χ1n) is 5.25. The fraction of sp³-hybridized carbons (Fsp3) is 0.417. The largest absolute Gasteiger partial charge is 0.492 e. The number of aldehydes is 1. The van der Waals surface area contributed by atoms with E-state index in [-0.39, 0.29) is 0 Å². The molecule has 1 N–H and O–H groups in total. The van der Waals surface area contributed by atoms with Gasteiger partial charge in [-0.05, 0) is 37.2 Å². The van der Waals surface area contributed by atoms with Crippen LogP contribution in [0.25, 0.3) is 0 Å². The number of hydrogen-bond donors (Lipinski definition) is 1. The van der Waals surface area contributed by atoms with Crippen molar-refractivity contribution < 1.29 is 9.53 Å². The van der Waals surface area contributed by atoms with Crippen molar-refractivity contribution in [3.63, 3.8) is 0 Å². The van der Waals surface area contributed by atoms with Gasteiger partial charge in [-0.25, -0.2) is 0 Å². The van der Waals surface area contributed by atoms with Gasteiger partial charge in [0.25, 0.3) is 0 Å². The molecule has 0 aliphatic heterocycles. The Hall–Kier alpha value is -1.35. The Balaban J connectivity index is 2.22. The van der Waals surface area contributed by atoms with Crippen molar-refractivity contribution in [1.29, 1.82) is 0 Å². The lowest BCUT2D eigenvalue weighted by atomic mass is 10.2. The molecule has 82 valence electrons. The molecule has 1 rings (SSSR count). The van der Waals surface area contributed by atoms with Crippen molar-refractivity contribution in [2.24, 2.45) is 0 Å². The zero-order valence-electron chi connectivity index (χ0n) is 9.03. The summed E-state index contributed by atoms with van der Waals surface area (Å²) in [6.07, 6.45) is 1.96. The summed E-state index contributed by atoms with van der Waals surface area (Å²) in [5, 5.41) is 3.25. The average molecular weight is 207 g/mol. The van der Waals surface area contributed by atoms with Crippen LogP contribution in [0.1, 0.15) is 23.7 Å². The molecule has 0 unspecified atom stereocenters. The third kappa shape index (κ3) is 4.61. The number of nitrogens with one attached hydrogen (secondary N) is 1. The highest BCUT2D eigenvalue weighted by molar-refractivity contribution is 5.74. The smallest absolute Gasteiger partial charge is 0.150 e. The van der Waals surface area contributed by atoms with E-state index in [1.165, 1.54) is 0 Å². The summed E-state index contributed by atoms with van der Waals surface area (Å²) in [4.78, 5) is 10.4. The molecule has 0 amide bonds. The van der Waals surface area contributed by atoms with Gasteiger partial charge in [-0.2, -0.15) is 0 Å². The summed E-state index contributed by atoms with van der Waals surface area (Å²) in [6.45, 7) is 4.66. The van der Waals surface area contributed by atoms with Gasteiger partial charge in [0.15, 0.2) is 0 Å². The first kappa shape index (κ1) is 11.7. The molecule has 3 heteroatoms. The normalized spacial score (nSPS) is 9.93. The van der Waals surface area contributed by atoms with Gasteiger partial charge >= 0.3 is 0 Å². The third-order valence-electron chi connectivity index (χ3n) is 1.99. The second kappa shape index (κ2) is 7.01. The molecule has 15 heavy (non-hydrogen) atoms. The number of hydrogen-bond acceptors (Lipinski definition) is 3. The van der Waals surface area contributed by atoms with E-state index in [4.69, 9.17) is 4.74 Å². The molecular formula is C12H17NO2. The molecular weight excluding hydrogens is 190 g/mol. The van der Waals surface area contributed by atoms with E-state index in [0.29, 0.717) is 12.2 Å². The molecule has 0 aromatic heterocycles. The Kier molecular flexibility index (Phi) is 5.48. The molecule has 0 spiro atoms. The lowest BCUT2D eigenvalue weighted by Gasteiger charge is -2.06. The summed E-state index contributed by atoms with van der Waals surface area (Å²) in [6, 6.07) is 7.12. The Morgan fingerprint density at radius 2 is 2.00 bits per heavy atom. The van der Waals surface area contributed by atoms with Crippen LogP contribution in [-0.2, 0) is 0 Å². The molecule has 0 bridgehead atoms. The Labute approximate surface area is 90.4 Å². The summed E-state index contributed by atoms with van der Waals surface area (Å²) in [5.41, 5.74) is 0.673. The Bertz CT molecular complexity index is 282. The third-order valence-corrected chi connectivity index (χ3v) is 1.99. The zero-order valence-corrected chi connectivity index (χ0v) is 9.03. The van der Waals surface area contributed by atoms with Gasteiger partial charge in [-0.15, -0.1) is 0 Å². The second-order valence-electron chi connectivity index (χ2n) is 3.29. The lowest BCUT2D eigenvalue weighted by Crippen LogP contribution is -2.21. The van der Waals surface area contributed by atoms with Crippen LogP contribution in [0.5, 0.6) is 5.75 Å². The van der Waals surface area contributed by atoms with Crippen LogP contribution < -0.4 is 10.1 Å². The van der Waals surface area contributed by atoms with Crippen molar-refractivity contribution >= 4 is 6.29 Å². The lowest BCUT2D eigenvalue weighted by molar-refractivity contribution is 0.112. The standard InChI is InChI=1S/C12H17NO2/c1-2-7-13-8-9-15-12-5-3-11(10-14)4-6-12/h3-6,10,13H,2,7-9H2,1H3. The second-order valence-corrected chi connectivity index (χ2v) is 3.29. The van der Waals surface area contributed by atoms with Crippen LogP contribution in [0, 0.1) is 0 Å². The van der Waals surface area contributed by atoms with Crippen LogP contribution >= 0.6 is 0 Å². The molecule has 0 saturated heterocycles. The molecule has 0 saturated carbocycles. The van der Waals surface area contributed by atoms with Gasteiger partial charge < -0.3 is 10.1 Å². The van der Waals surface area contributed by atoms with Crippen molar-refractivity contribution in [2.75, 3.05) is 19.7 Å². The fourth-order valence-corrected chi connectivity index (χ4v) is 1.19. The van der Waals surface area contributed by atoms with Crippen LogP contribution in [0.3, 0.4) is 0 Å². The maximum absolute atomic E-state index is 10.4. The quantitative estimate of drug-likeness (QED) is 0.548. The number of ether oxygens (including phenoxy) is 1. The monoisotopic (exact) mass is 207 g/mol. The molecule has 0 aliphatic rings. The molecule has 0 heterocycles. The predicted octanol–water partition coefficient (Wildman–Crippen LogP) is 1.88. The minimum atomic E-state index is 0.653. The summed E-state index contributed by atoms with van der Waals surface area (Å²) < 4.78 is 5.47. The van der Waals surface area contributed by atoms with Crippen LogP contribution in [0.2, 0.25) is 0 Å². The van der Waals surface area contributed by atoms with Gasteiger partial charge in [0.05, 0.1) is 0 Å². The molecule has 0 radical (unpaired) electrons. The summed E-state index contributed by atoms with van der Waals surface area (Å²) in [7, 11) is 0. The highest BCUT2D eigenvalue weighted by atomic mass is 16.5. The van der Waals surface area contributed by atoms with Gasteiger partial charge in [-0.3, -0.25) is 4.79 Å². The Morgan fingerprint density at radius 1 is 1.27 bits per heavy atom. The van der Waals surface area contributed by atoms with Crippen molar-refractivity contribution in [3.05, 3.63) is 29.8 Å². The first-order chi connectivity index (χ1) is 7.36. The average Bonchev–Trinajstić information content (AvgIpc) is 2.30. The molecule has 1 aromatic rings. The number of rotatable bonds is 7. The van der Waals surface area contributed by atoms with Crippen LogP contribution in [0.4, 0.5) is 0 Å². The SMILES string of the molecule is CCCNCCOc1ccc(C=O)cc1. The van der Waals surface area contributed by atoms with Crippen molar-refractivity contribution in [2.45, 2.75) is 13.3 Å². The van der Waals surface area contributed by atoms with E-state index in [1.54, 1.807) is 12.1 Å². The topological polar surface area (TPSA) is 38.3 Å². The van der Waals surface area contributed by atoms with Crippen LogP contribution in [0.15, 0.2) is 24.3 Å². The summed E-state index contributed by atoms with van der Waals surface area (Å²) >= 11 is 0. The van der Waals surface area contributed by atoms with Crippen LogP contribution in [-0.4, -0.2) is 26.0 Å². The summed E-state index contributed by atoms with van der Waals surface area (Å²) in [5.74, 6) is 0.805. The van der Waals surface area contributed by atoms with E-state index >= 15 is 0 Å². The number of carbonyl (C=O) groups excluding carboxylic acids is 1. The molecule has 0 aliphatic carbocycles. The number of carbonyl (C=O) groups is 1. The van der Waals surface area contributed by atoms with E-state index in [9.17, 15) is 4.79 Å². The predicted molar refractivity (Wildman–Crippen MR) is 60.5 cm³/mol. The maximum Gasteiger partial charge on any atom is 0.150 e. The van der Waals surface area contributed by atoms with Crippen molar-refractivity contribution in [3.8, 4) is 5.75 Å². The van der Waals surface area contributed by atoms with Crippen molar-refractivity contribution in [1.82, 2.24) is 5.32 Å².